The Morgan fingerprint density at radius 2 is 2.13 bits per heavy atom. The molecule has 0 amide bonds. The van der Waals surface area contributed by atoms with Gasteiger partial charge in [-0.15, -0.1) is 0 Å². The molecule has 1 heteroatoms. The number of benzene rings is 1. The van der Waals surface area contributed by atoms with Crippen LogP contribution in [-0.2, 0) is 6.42 Å². The quantitative estimate of drug-likeness (QED) is 0.792. The number of rotatable bonds is 3. The summed E-state index contributed by atoms with van der Waals surface area (Å²) < 4.78 is 0. The van der Waals surface area contributed by atoms with Crippen LogP contribution in [0.3, 0.4) is 0 Å². The summed E-state index contributed by atoms with van der Waals surface area (Å²) in [7, 11) is 0. The highest BCUT2D eigenvalue weighted by atomic mass is 14.9. The van der Waals surface area contributed by atoms with Crippen molar-refractivity contribution < 1.29 is 0 Å². The molecular formula is C14H19N. The van der Waals surface area contributed by atoms with Crippen molar-refractivity contribution in [3.63, 3.8) is 0 Å². The van der Waals surface area contributed by atoms with Crippen molar-refractivity contribution in [1.82, 2.24) is 5.32 Å². The van der Waals surface area contributed by atoms with E-state index in [1.54, 1.807) is 0 Å². The maximum absolute atomic E-state index is 3.49. The summed E-state index contributed by atoms with van der Waals surface area (Å²) in [6.45, 7) is 5.43. The summed E-state index contributed by atoms with van der Waals surface area (Å²) >= 11 is 0. The number of likely N-dealkylation sites (N-methyl/N-ethyl adjacent to an activating group) is 1. The van der Waals surface area contributed by atoms with Gasteiger partial charge in [-0.2, -0.15) is 0 Å². The molecule has 0 aliphatic heterocycles. The van der Waals surface area contributed by atoms with Gasteiger partial charge in [-0.3, -0.25) is 0 Å². The third kappa shape index (κ3) is 2.13. The van der Waals surface area contributed by atoms with E-state index in [1.807, 2.05) is 0 Å². The number of allylic oxidation sites excluding steroid dienone is 1. The summed E-state index contributed by atoms with van der Waals surface area (Å²) in [5, 5.41) is 3.49. The Balaban J connectivity index is 2.30. The Kier molecular flexibility index (Phi) is 3.22. The van der Waals surface area contributed by atoms with Crippen molar-refractivity contribution in [3.05, 3.63) is 41.5 Å². The van der Waals surface area contributed by atoms with Gasteiger partial charge in [0, 0.05) is 6.04 Å². The lowest BCUT2D eigenvalue weighted by atomic mass is 9.87. The Hall–Kier alpha value is -1.08. The first kappa shape index (κ1) is 10.4. The number of hydrogen-bond acceptors (Lipinski definition) is 1. The van der Waals surface area contributed by atoms with Crippen molar-refractivity contribution in [1.29, 1.82) is 0 Å². The van der Waals surface area contributed by atoms with Crippen molar-refractivity contribution in [3.8, 4) is 0 Å². The van der Waals surface area contributed by atoms with Gasteiger partial charge in [-0.25, -0.2) is 0 Å². The van der Waals surface area contributed by atoms with Crippen molar-refractivity contribution >= 4 is 5.57 Å². The molecule has 0 saturated carbocycles. The van der Waals surface area contributed by atoms with Gasteiger partial charge in [0.05, 0.1) is 0 Å². The monoisotopic (exact) mass is 201 g/mol. The minimum absolute atomic E-state index is 0.469. The smallest absolute Gasteiger partial charge is 0.0294 e. The van der Waals surface area contributed by atoms with E-state index >= 15 is 0 Å². The van der Waals surface area contributed by atoms with Gasteiger partial charge >= 0.3 is 0 Å². The molecule has 1 aliphatic rings. The molecule has 80 valence electrons. The third-order valence-corrected chi connectivity index (χ3v) is 3.08. The fourth-order valence-corrected chi connectivity index (χ4v) is 2.34. The van der Waals surface area contributed by atoms with Crippen LogP contribution in [0.2, 0.25) is 0 Å². The lowest BCUT2D eigenvalue weighted by Gasteiger charge is -2.23. The van der Waals surface area contributed by atoms with Crippen LogP contribution in [0.25, 0.3) is 5.57 Å². The topological polar surface area (TPSA) is 12.0 Å². The lowest BCUT2D eigenvalue weighted by Crippen LogP contribution is -2.28. The Labute approximate surface area is 92.2 Å². The second-order valence-electron chi connectivity index (χ2n) is 4.13. The van der Waals surface area contributed by atoms with Crippen LogP contribution in [0.5, 0.6) is 0 Å². The first-order valence-electron chi connectivity index (χ1n) is 5.84. The molecule has 1 aliphatic carbocycles. The zero-order valence-corrected chi connectivity index (χ0v) is 9.59. The molecule has 1 nitrogen and oxygen atoms in total. The molecule has 1 aromatic rings. The van der Waals surface area contributed by atoms with Gasteiger partial charge in [-0.1, -0.05) is 37.3 Å². The lowest BCUT2D eigenvalue weighted by molar-refractivity contribution is 0.669. The summed E-state index contributed by atoms with van der Waals surface area (Å²) in [5.74, 6) is 0. The molecule has 0 radical (unpaired) electrons. The van der Waals surface area contributed by atoms with Crippen LogP contribution in [-0.4, -0.2) is 12.6 Å². The zero-order valence-electron chi connectivity index (χ0n) is 9.59. The van der Waals surface area contributed by atoms with Crippen LogP contribution < -0.4 is 5.32 Å². The molecule has 0 saturated heterocycles. The van der Waals surface area contributed by atoms with Gasteiger partial charge in [-0.05, 0) is 43.0 Å². The SMILES string of the molecule is CCNC(C)C1=CCCc2ccccc21. The molecule has 1 unspecified atom stereocenters. The average molecular weight is 201 g/mol. The second-order valence-corrected chi connectivity index (χ2v) is 4.13. The van der Waals surface area contributed by atoms with E-state index < -0.39 is 0 Å². The number of hydrogen-bond donors (Lipinski definition) is 1. The third-order valence-electron chi connectivity index (χ3n) is 3.08. The van der Waals surface area contributed by atoms with E-state index in [0.29, 0.717) is 6.04 Å². The maximum atomic E-state index is 3.49. The summed E-state index contributed by atoms with van der Waals surface area (Å²) in [4.78, 5) is 0. The van der Waals surface area contributed by atoms with Gasteiger partial charge in [0.1, 0.15) is 0 Å². The van der Waals surface area contributed by atoms with Crippen LogP contribution in [0.1, 0.15) is 31.4 Å². The Morgan fingerprint density at radius 3 is 2.93 bits per heavy atom. The summed E-state index contributed by atoms with van der Waals surface area (Å²) in [6.07, 6.45) is 4.76. The first-order chi connectivity index (χ1) is 7.33. The molecule has 0 heterocycles. The average Bonchev–Trinajstić information content (AvgIpc) is 2.28. The van der Waals surface area contributed by atoms with E-state index in [2.05, 4.69) is 49.5 Å². The normalized spacial score (nSPS) is 16.8. The van der Waals surface area contributed by atoms with Gasteiger partial charge in [0.25, 0.3) is 0 Å². The minimum atomic E-state index is 0.469. The standard InChI is InChI=1S/C14H19N/c1-3-15-11(2)13-10-6-8-12-7-4-5-9-14(12)13/h4-5,7,9-11,15H,3,6,8H2,1-2H3. The Bertz CT molecular complexity index is 365. The Morgan fingerprint density at radius 1 is 1.33 bits per heavy atom. The van der Waals surface area contributed by atoms with Crippen molar-refractivity contribution in [2.45, 2.75) is 32.7 Å². The van der Waals surface area contributed by atoms with E-state index in [4.69, 9.17) is 0 Å². The summed E-state index contributed by atoms with van der Waals surface area (Å²) in [5.41, 5.74) is 4.41. The predicted molar refractivity (Wildman–Crippen MR) is 65.9 cm³/mol. The fraction of sp³-hybridized carbons (Fsp3) is 0.429. The van der Waals surface area contributed by atoms with E-state index in [0.717, 1.165) is 6.54 Å². The second kappa shape index (κ2) is 4.63. The van der Waals surface area contributed by atoms with Gasteiger partial charge < -0.3 is 5.32 Å². The molecule has 1 atom stereocenters. The van der Waals surface area contributed by atoms with Gasteiger partial charge in [0.2, 0.25) is 0 Å². The maximum Gasteiger partial charge on any atom is 0.0294 e. The van der Waals surface area contributed by atoms with E-state index in [9.17, 15) is 0 Å². The van der Waals surface area contributed by atoms with Crippen LogP contribution in [0, 0.1) is 0 Å². The minimum Gasteiger partial charge on any atom is -0.310 e. The molecule has 0 spiro atoms. The molecule has 0 bridgehead atoms. The van der Waals surface area contributed by atoms with Crippen molar-refractivity contribution in [2.75, 3.05) is 6.54 Å². The molecule has 1 N–H and O–H groups in total. The van der Waals surface area contributed by atoms with E-state index in [1.165, 1.54) is 29.5 Å². The highest BCUT2D eigenvalue weighted by Crippen LogP contribution is 2.28. The number of nitrogens with one attached hydrogen (secondary N) is 1. The molecule has 15 heavy (non-hydrogen) atoms. The molecular weight excluding hydrogens is 182 g/mol. The molecule has 0 fully saturated rings. The largest absolute Gasteiger partial charge is 0.310 e. The fourth-order valence-electron chi connectivity index (χ4n) is 2.34. The molecule has 2 rings (SSSR count). The highest BCUT2D eigenvalue weighted by molar-refractivity contribution is 5.73. The predicted octanol–water partition coefficient (Wildman–Crippen LogP) is 3.01. The molecule has 0 aromatic heterocycles. The number of fused-ring (bicyclic) bond motifs is 1. The van der Waals surface area contributed by atoms with Crippen LogP contribution in [0.4, 0.5) is 0 Å². The van der Waals surface area contributed by atoms with Crippen molar-refractivity contribution in [2.24, 2.45) is 0 Å². The van der Waals surface area contributed by atoms with Crippen LogP contribution >= 0.6 is 0 Å². The van der Waals surface area contributed by atoms with E-state index in [-0.39, 0.29) is 0 Å². The number of aryl methyl sites for hydroxylation is 1. The van der Waals surface area contributed by atoms with Gasteiger partial charge in [0.15, 0.2) is 0 Å². The van der Waals surface area contributed by atoms with Crippen LogP contribution in [0.15, 0.2) is 30.3 Å². The first-order valence-corrected chi connectivity index (χ1v) is 5.84. The highest BCUT2D eigenvalue weighted by Gasteiger charge is 2.15. The zero-order chi connectivity index (χ0) is 10.7. The summed E-state index contributed by atoms with van der Waals surface area (Å²) in [6, 6.07) is 9.24. The molecule has 1 aromatic carbocycles.